The largest absolute Gasteiger partial charge is 0.480 e. The van der Waals surface area contributed by atoms with E-state index in [1.165, 1.54) is 21.6 Å². The fourth-order valence-corrected chi connectivity index (χ4v) is 2.87. The van der Waals surface area contributed by atoms with Gasteiger partial charge in [0.15, 0.2) is 0 Å². The van der Waals surface area contributed by atoms with E-state index in [4.69, 9.17) is 10.4 Å². The smallest absolute Gasteiger partial charge is 0.327 e. The first-order valence-electron chi connectivity index (χ1n) is 5.77. The summed E-state index contributed by atoms with van der Waals surface area (Å²) in [6.07, 6.45) is 0. The van der Waals surface area contributed by atoms with Crippen LogP contribution in [0.4, 0.5) is 4.79 Å². The third-order valence-corrected chi connectivity index (χ3v) is 3.79. The van der Waals surface area contributed by atoms with Crippen LogP contribution in [0, 0.1) is 17.2 Å². The molecular weight excluding hydrogens is 254 g/mol. The summed E-state index contributed by atoms with van der Waals surface area (Å²) in [4.78, 5) is 26.1. The summed E-state index contributed by atoms with van der Waals surface area (Å²) in [6.45, 7) is 4.36. The van der Waals surface area contributed by atoms with Crippen LogP contribution in [0.15, 0.2) is 0 Å². The van der Waals surface area contributed by atoms with Gasteiger partial charge in [0.1, 0.15) is 6.04 Å². The quantitative estimate of drug-likeness (QED) is 0.826. The number of amides is 2. The van der Waals surface area contributed by atoms with Gasteiger partial charge < -0.3 is 14.9 Å². The number of thioether (sulfide) groups is 1. The second-order valence-electron chi connectivity index (χ2n) is 4.18. The van der Waals surface area contributed by atoms with Crippen LogP contribution in [-0.2, 0) is 4.79 Å². The molecule has 0 spiro atoms. The van der Waals surface area contributed by atoms with Gasteiger partial charge in [-0.25, -0.2) is 9.59 Å². The standard InChI is InChI=1S/C11H17N3O3S/c1-3-13(5-8(2)4-12)11(17)14-7-18-6-9(14)10(15)16/h8-9H,3,5-7H2,1-2H3,(H,15,16)/t8?,9-/m0/s1. The fraction of sp³-hybridized carbons (Fsp3) is 0.727. The zero-order chi connectivity index (χ0) is 13.7. The van der Waals surface area contributed by atoms with Crippen molar-refractivity contribution >= 4 is 23.8 Å². The number of aliphatic carboxylic acids is 1. The molecule has 0 saturated carbocycles. The Labute approximate surface area is 111 Å². The van der Waals surface area contributed by atoms with Crippen LogP contribution >= 0.6 is 11.8 Å². The third kappa shape index (κ3) is 3.29. The van der Waals surface area contributed by atoms with Crippen LogP contribution in [0.5, 0.6) is 0 Å². The van der Waals surface area contributed by atoms with Gasteiger partial charge in [-0.15, -0.1) is 11.8 Å². The van der Waals surface area contributed by atoms with E-state index in [0.29, 0.717) is 24.7 Å². The van der Waals surface area contributed by atoms with Gasteiger partial charge in [0.05, 0.1) is 17.9 Å². The Bertz CT molecular complexity index is 369. The molecule has 0 radical (unpaired) electrons. The van der Waals surface area contributed by atoms with E-state index in [1.807, 2.05) is 6.92 Å². The number of rotatable bonds is 4. The van der Waals surface area contributed by atoms with Gasteiger partial charge in [-0.05, 0) is 13.8 Å². The minimum atomic E-state index is -0.974. The zero-order valence-electron chi connectivity index (χ0n) is 10.5. The molecule has 0 aromatic rings. The molecule has 18 heavy (non-hydrogen) atoms. The highest BCUT2D eigenvalue weighted by Gasteiger charge is 2.36. The number of nitriles is 1. The Morgan fingerprint density at radius 3 is 2.83 bits per heavy atom. The van der Waals surface area contributed by atoms with Gasteiger partial charge in [-0.1, -0.05) is 0 Å². The lowest BCUT2D eigenvalue weighted by molar-refractivity contribution is -0.140. The molecule has 0 aliphatic carbocycles. The second kappa shape index (κ2) is 6.50. The molecule has 7 heteroatoms. The Morgan fingerprint density at radius 1 is 1.67 bits per heavy atom. The molecule has 0 aromatic carbocycles. The first kappa shape index (κ1) is 14.6. The van der Waals surface area contributed by atoms with E-state index in [1.54, 1.807) is 6.92 Å². The summed E-state index contributed by atoms with van der Waals surface area (Å²) < 4.78 is 0. The molecule has 6 nitrogen and oxygen atoms in total. The summed E-state index contributed by atoms with van der Waals surface area (Å²) in [5.41, 5.74) is 0. The fourth-order valence-electron chi connectivity index (χ4n) is 1.73. The summed E-state index contributed by atoms with van der Waals surface area (Å²) >= 11 is 1.43. The normalized spacial score (nSPS) is 20.3. The Hall–Kier alpha value is -1.42. The molecule has 1 rings (SSSR count). The Morgan fingerprint density at radius 2 is 2.33 bits per heavy atom. The summed E-state index contributed by atoms with van der Waals surface area (Å²) in [6, 6.07) is 1.03. The maximum atomic E-state index is 12.2. The van der Waals surface area contributed by atoms with Gasteiger partial charge in [-0.2, -0.15) is 5.26 Å². The third-order valence-electron chi connectivity index (χ3n) is 2.78. The SMILES string of the molecule is CCN(CC(C)C#N)C(=O)N1CSC[C@H]1C(=O)O. The van der Waals surface area contributed by atoms with Crippen molar-refractivity contribution in [1.29, 1.82) is 5.26 Å². The minimum absolute atomic E-state index is 0.257. The van der Waals surface area contributed by atoms with Crippen LogP contribution in [0.25, 0.3) is 0 Å². The van der Waals surface area contributed by atoms with E-state index in [-0.39, 0.29) is 11.9 Å². The average molecular weight is 271 g/mol. The van der Waals surface area contributed by atoms with Crippen molar-refractivity contribution in [2.45, 2.75) is 19.9 Å². The molecule has 100 valence electrons. The lowest BCUT2D eigenvalue weighted by Gasteiger charge is -2.29. The number of carbonyl (C=O) groups is 2. The van der Waals surface area contributed by atoms with Crippen LogP contribution in [-0.4, -0.2) is 57.7 Å². The molecule has 2 amide bonds. The van der Waals surface area contributed by atoms with Gasteiger partial charge >= 0.3 is 12.0 Å². The lowest BCUT2D eigenvalue weighted by atomic mass is 10.2. The predicted octanol–water partition coefficient (Wildman–Crippen LogP) is 1.05. The van der Waals surface area contributed by atoms with E-state index in [2.05, 4.69) is 6.07 Å². The van der Waals surface area contributed by atoms with Crippen molar-refractivity contribution < 1.29 is 14.7 Å². The van der Waals surface area contributed by atoms with Crippen LogP contribution in [0.3, 0.4) is 0 Å². The highest BCUT2D eigenvalue weighted by molar-refractivity contribution is 7.99. The molecule has 1 unspecified atom stereocenters. The topological polar surface area (TPSA) is 84.6 Å². The molecule has 0 aromatic heterocycles. The minimum Gasteiger partial charge on any atom is -0.480 e. The van der Waals surface area contributed by atoms with Crippen molar-refractivity contribution in [3.05, 3.63) is 0 Å². The molecule has 1 fully saturated rings. The number of carboxylic acid groups (broad SMARTS) is 1. The highest BCUT2D eigenvalue weighted by atomic mass is 32.2. The number of carbonyl (C=O) groups excluding carboxylic acids is 1. The summed E-state index contributed by atoms with van der Waals surface area (Å²) in [5.74, 6) is -0.412. The van der Waals surface area contributed by atoms with E-state index >= 15 is 0 Å². The Kier molecular flexibility index (Phi) is 5.28. The molecular formula is C11H17N3O3S. The average Bonchev–Trinajstić information content (AvgIpc) is 2.83. The first-order chi connectivity index (χ1) is 8.51. The molecule has 2 atom stereocenters. The van der Waals surface area contributed by atoms with Crippen LogP contribution < -0.4 is 0 Å². The molecule has 1 N–H and O–H groups in total. The molecule has 1 aliphatic rings. The predicted molar refractivity (Wildman–Crippen MR) is 68.0 cm³/mol. The van der Waals surface area contributed by atoms with Crippen LogP contribution in [0.2, 0.25) is 0 Å². The van der Waals surface area contributed by atoms with Crippen molar-refractivity contribution in [2.24, 2.45) is 5.92 Å². The molecule has 0 bridgehead atoms. The summed E-state index contributed by atoms with van der Waals surface area (Å²) in [7, 11) is 0. The summed E-state index contributed by atoms with van der Waals surface area (Å²) in [5, 5.41) is 17.8. The highest BCUT2D eigenvalue weighted by Crippen LogP contribution is 2.22. The maximum Gasteiger partial charge on any atom is 0.327 e. The maximum absolute atomic E-state index is 12.2. The number of hydrogen-bond acceptors (Lipinski definition) is 4. The Balaban J connectivity index is 2.72. The lowest BCUT2D eigenvalue weighted by Crippen LogP contribution is -2.49. The van der Waals surface area contributed by atoms with Gasteiger partial charge in [0, 0.05) is 18.8 Å². The van der Waals surface area contributed by atoms with Crippen molar-refractivity contribution in [2.75, 3.05) is 24.7 Å². The molecule has 1 saturated heterocycles. The number of carboxylic acids is 1. The zero-order valence-corrected chi connectivity index (χ0v) is 11.3. The van der Waals surface area contributed by atoms with E-state index < -0.39 is 12.0 Å². The van der Waals surface area contributed by atoms with E-state index in [9.17, 15) is 9.59 Å². The van der Waals surface area contributed by atoms with Gasteiger partial charge in [-0.3, -0.25) is 0 Å². The van der Waals surface area contributed by atoms with Crippen LogP contribution in [0.1, 0.15) is 13.8 Å². The van der Waals surface area contributed by atoms with E-state index in [0.717, 1.165) is 0 Å². The van der Waals surface area contributed by atoms with Crippen molar-refractivity contribution in [1.82, 2.24) is 9.80 Å². The second-order valence-corrected chi connectivity index (χ2v) is 5.17. The number of nitrogens with zero attached hydrogens (tertiary/aromatic N) is 3. The number of hydrogen-bond donors (Lipinski definition) is 1. The van der Waals surface area contributed by atoms with Crippen molar-refractivity contribution in [3.8, 4) is 6.07 Å². The molecule has 1 aliphatic heterocycles. The van der Waals surface area contributed by atoms with Gasteiger partial charge in [0.2, 0.25) is 0 Å². The monoisotopic (exact) mass is 271 g/mol. The molecule has 1 heterocycles. The first-order valence-corrected chi connectivity index (χ1v) is 6.92. The number of urea groups is 1. The van der Waals surface area contributed by atoms with Crippen molar-refractivity contribution in [3.63, 3.8) is 0 Å². The van der Waals surface area contributed by atoms with Gasteiger partial charge in [0.25, 0.3) is 0 Å².